The fourth-order valence-electron chi connectivity index (χ4n) is 0.377. The van der Waals surface area contributed by atoms with Crippen LogP contribution in [0, 0.1) is 0 Å². The Labute approximate surface area is 74.7 Å². The topological polar surface area (TPSA) is 121 Å². The average Bonchev–Trinajstić information content (AvgIpc) is 2.01. The molecule has 0 fully saturated rings. The smallest absolute Gasteiger partial charge is 0.338 e. The van der Waals surface area contributed by atoms with Gasteiger partial charge in [0.1, 0.15) is 0 Å². The largest absolute Gasteiger partial charge is 0.442 e. The van der Waals surface area contributed by atoms with Gasteiger partial charge in [0.25, 0.3) is 0 Å². The van der Waals surface area contributed by atoms with Crippen molar-refractivity contribution in [3.05, 3.63) is 0 Å². The van der Waals surface area contributed by atoms with Crippen molar-refractivity contribution in [3.63, 3.8) is 0 Å². The molecular weight excluding hydrogens is 204 g/mol. The molecule has 0 aliphatic heterocycles. The highest BCUT2D eigenvalue weighted by Crippen LogP contribution is 2.01. The first-order valence-corrected chi connectivity index (χ1v) is 4.75. The molecule has 0 spiro atoms. The predicted molar refractivity (Wildman–Crippen MR) is 40.2 cm³/mol. The Hall–Kier alpha value is -0.700. The number of hydrogen-bond acceptors (Lipinski definition) is 6. The quantitative estimate of drug-likeness (QED) is 0.369. The maximum Gasteiger partial charge on any atom is 0.338 e. The molecule has 0 aromatic carbocycles. The number of carbonyl (C=O) groups is 1. The van der Waals surface area contributed by atoms with E-state index in [2.05, 4.69) is 4.74 Å². The third kappa shape index (κ3) is 4.18. The first kappa shape index (κ1) is 12.3. The molecule has 0 heterocycles. The summed E-state index contributed by atoms with van der Waals surface area (Å²) < 4.78 is 33.0. The van der Waals surface area contributed by atoms with E-state index in [0.29, 0.717) is 0 Å². The van der Waals surface area contributed by atoms with Gasteiger partial charge in [0.15, 0.2) is 6.10 Å². The van der Waals surface area contributed by atoms with Crippen LogP contribution in [-0.4, -0.2) is 47.3 Å². The zero-order chi connectivity index (χ0) is 10.6. The summed E-state index contributed by atoms with van der Waals surface area (Å²) in [4.78, 5) is 10.6. The Bertz CT molecular complexity index is 269. The molecule has 7 nitrogen and oxygen atoms in total. The molecule has 0 saturated heterocycles. The maximum absolute atomic E-state index is 10.6. The fourth-order valence-corrected chi connectivity index (χ4v) is 0.594. The number of aliphatic hydroxyl groups is 2. The highest BCUT2D eigenvalue weighted by Gasteiger charge is 2.25. The second-order valence-corrected chi connectivity index (χ2v) is 3.91. The number of rotatable bonds is 4. The second-order valence-electron chi connectivity index (χ2n) is 2.22. The van der Waals surface area contributed by atoms with Gasteiger partial charge in [0, 0.05) is 0 Å². The van der Waals surface area contributed by atoms with Crippen LogP contribution in [0.2, 0.25) is 0 Å². The summed E-state index contributed by atoms with van der Waals surface area (Å²) in [5, 5.41) is 16.9. The molecule has 0 aliphatic carbocycles. The van der Waals surface area contributed by atoms with Crippen LogP contribution in [0.25, 0.3) is 0 Å². The molecule has 0 amide bonds. The van der Waals surface area contributed by atoms with Crippen molar-refractivity contribution in [2.75, 3.05) is 6.61 Å². The Morgan fingerprint density at radius 2 is 2.00 bits per heavy atom. The first-order chi connectivity index (χ1) is 5.79. The molecule has 0 rings (SSSR count). The van der Waals surface area contributed by atoms with E-state index >= 15 is 0 Å². The normalized spacial score (nSPS) is 16.3. The predicted octanol–water partition coefficient (Wildman–Crippen LogP) is -1.88. The molecule has 0 aromatic heterocycles. The van der Waals surface area contributed by atoms with Gasteiger partial charge in [-0.3, -0.25) is 4.55 Å². The molecule has 78 valence electrons. The molecule has 0 radical (unpaired) electrons. The summed E-state index contributed by atoms with van der Waals surface area (Å²) >= 11 is 0. The highest BCUT2D eigenvalue weighted by molar-refractivity contribution is 7.86. The van der Waals surface area contributed by atoms with E-state index in [4.69, 9.17) is 14.8 Å². The van der Waals surface area contributed by atoms with Crippen molar-refractivity contribution in [2.24, 2.45) is 0 Å². The Balaban J connectivity index is 4.23. The van der Waals surface area contributed by atoms with Crippen LogP contribution in [0.1, 0.15) is 6.92 Å². The molecule has 13 heavy (non-hydrogen) atoms. The van der Waals surface area contributed by atoms with Gasteiger partial charge in [0.05, 0.1) is 6.61 Å². The SMILES string of the molecule is CC(OC(=O)C(O)CO)S(=O)(=O)O. The lowest BCUT2D eigenvalue weighted by molar-refractivity contribution is -0.157. The Morgan fingerprint density at radius 3 is 2.31 bits per heavy atom. The van der Waals surface area contributed by atoms with Crippen molar-refractivity contribution in [2.45, 2.75) is 18.5 Å². The van der Waals surface area contributed by atoms with Crippen LogP contribution in [-0.2, 0) is 19.6 Å². The Morgan fingerprint density at radius 1 is 1.54 bits per heavy atom. The van der Waals surface area contributed by atoms with E-state index in [-0.39, 0.29) is 0 Å². The fraction of sp³-hybridized carbons (Fsp3) is 0.800. The van der Waals surface area contributed by atoms with Crippen molar-refractivity contribution < 1.29 is 32.7 Å². The molecule has 0 aliphatic rings. The minimum Gasteiger partial charge on any atom is -0.442 e. The third-order valence-electron chi connectivity index (χ3n) is 1.15. The molecule has 2 unspecified atom stereocenters. The lowest BCUT2D eigenvalue weighted by atomic mass is 10.4. The maximum atomic E-state index is 10.6. The van der Waals surface area contributed by atoms with E-state index in [1.165, 1.54) is 0 Å². The van der Waals surface area contributed by atoms with Crippen molar-refractivity contribution in [1.29, 1.82) is 0 Å². The van der Waals surface area contributed by atoms with E-state index in [9.17, 15) is 13.2 Å². The lowest BCUT2D eigenvalue weighted by Gasteiger charge is -2.11. The van der Waals surface area contributed by atoms with Crippen LogP contribution >= 0.6 is 0 Å². The van der Waals surface area contributed by atoms with Crippen LogP contribution in [0.5, 0.6) is 0 Å². The number of aliphatic hydroxyl groups excluding tert-OH is 2. The summed E-state index contributed by atoms with van der Waals surface area (Å²) in [7, 11) is -4.48. The van der Waals surface area contributed by atoms with Gasteiger partial charge >= 0.3 is 16.1 Å². The van der Waals surface area contributed by atoms with Gasteiger partial charge in [-0.25, -0.2) is 4.79 Å². The van der Waals surface area contributed by atoms with E-state index in [0.717, 1.165) is 6.92 Å². The minimum atomic E-state index is -4.48. The van der Waals surface area contributed by atoms with Gasteiger partial charge in [-0.05, 0) is 6.92 Å². The van der Waals surface area contributed by atoms with Gasteiger partial charge in [0.2, 0.25) is 5.44 Å². The highest BCUT2D eigenvalue weighted by atomic mass is 32.2. The summed E-state index contributed by atoms with van der Waals surface area (Å²) in [5.41, 5.74) is -1.76. The monoisotopic (exact) mass is 214 g/mol. The molecule has 3 N–H and O–H groups in total. The van der Waals surface area contributed by atoms with Gasteiger partial charge in [-0.1, -0.05) is 0 Å². The number of ether oxygens (including phenoxy) is 1. The van der Waals surface area contributed by atoms with E-state index < -0.39 is 34.2 Å². The molecule has 8 heteroatoms. The summed E-state index contributed by atoms with van der Waals surface area (Å²) in [5.74, 6) is -1.31. The third-order valence-corrected chi connectivity index (χ3v) is 2.08. The first-order valence-electron chi connectivity index (χ1n) is 3.24. The minimum absolute atomic E-state index is 0.878. The van der Waals surface area contributed by atoms with Gasteiger partial charge < -0.3 is 14.9 Å². The second kappa shape index (κ2) is 4.51. The molecule has 0 aromatic rings. The van der Waals surface area contributed by atoms with Gasteiger partial charge in [-0.15, -0.1) is 0 Å². The standard InChI is InChI=1S/C5H10O7S/c1-3(13(9,10)11)12-5(8)4(7)2-6/h3-4,6-7H,2H2,1H3,(H,9,10,11). The van der Waals surface area contributed by atoms with Crippen LogP contribution in [0.3, 0.4) is 0 Å². The molecule has 0 saturated carbocycles. The van der Waals surface area contributed by atoms with Crippen molar-refractivity contribution in [1.82, 2.24) is 0 Å². The molecule has 0 bridgehead atoms. The zero-order valence-corrected chi connectivity index (χ0v) is 7.56. The average molecular weight is 214 g/mol. The van der Waals surface area contributed by atoms with Gasteiger partial charge in [-0.2, -0.15) is 8.42 Å². The molecular formula is C5H10O7S. The van der Waals surface area contributed by atoms with Crippen LogP contribution in [0.15, 0.2) is 0 Å². The zero-order valence-electron chi connectivity index (χ0n) is 6.74. The van der Waals surface area contributed by atoms with E-state index in [1.54, 1.807) is 0 Å². The van der Waals surface area contributed by atoms with Crippen molar-refractivity contribution >= 4 is 16.1 Å². The summed E-state index contributed by atoms with van der Waals surface area (Å²) in [6.07, 6.45) is -1.80. The number of esters is 1. The Kier molecular flexibility index (Phi) is 4.27. The summed E-state index contributed by atoms with van der Waals surface area (Å²) in [6, 6.07) is 0. The van der Waals surface area contributed by atoms with Crippen molar-refractivity contribution in [3.8, 4) is 0 Å². The summed E-state index contributed by atoms with van der Waals surface area (Å²) in [6.45, 7) is 0.0361. The van der Waals surface area contributed by atoms with E-state index in [1.807, 2.05) is 0 Å². The van der Waals surface area contributed by atoms with Crippen LogP contribution < -0.4 is 0 Å². The molecule has 2 atom stereocenters. The number of carbonyl (C=O) groups excluding carboxylic acids is 1. The number of hydrogen-bond donors (Lipinski definition) is 3. The lowest BCUT2D eigenvalue weighted by Crippen LogP contribution is -2.32. The van der Waals surface area contributed by atoms with Crippen LogP contribution in [0.4, 0.5) is 0 Å².